The van der Waals surface area contributed by atoms with Gasteiger partial charge in [0, 0.05) is 38.6 Å². The van der Waals surface area contributed by atoms with E-state index < -0.39 is 6.10 Å². The quantitative estimate of drug-likeness (QED) is 0.779. The van der Waals surface area contributed by atoms with E-state index in [4.69, 9.17) is 9.47 Å². The van der Waals surface area contributed by atoms with Gasteiger partial charge in [0.2, 0.25) is 0 Å². The molecule has 9 nitrogen and oxygen atoms in total. The molecule has 0 radical (unpaired) electrons. The van der Waals surface area contributed by atoms with Crippen LogP contribution in [0.2, 0.25) is 0 Å². The zero-order valence-electron chi connectivity index (χ0n) is 17.2. The van der Waals surface area contributed by atoms with Gasteiger partial charge in [-0.05, 0) is 26.1 Å². The highest BCUT2D eigenvalue weighted by molar-refractivity contribution is 5.92. The van der Waals surface area contributed by atoms with E-state index in [1.165, 1.54) is 0 Å². The molecule has 0 spiro atoms. The van der Waals surface area contributed by atoms with Gasteiger partial charge in [-0.1, -0.05) is 0 Å². The number of nitrogens with zero attached hydrogens (tertiary/aromatic N) is 5. The molecular formula is C21H26N6O3. The fourth-order valence-electron chi connectivity index (χ4n) is 4.00. The molecule has 4 rings (SSSR count). The average molecular weight is 410 g/mol. The molecule has 30 heavy (non-hydrogen) atoms. The number of hydrogen-bond donors (Lipinski definition) is 1. The molecule has 9 heteroatoms. The molecule has 2 saturated heterocycles. The molecule has 0 aliphatic carbocycles. The van der Waals surface area contributed by atoms with Gasteiger partial charge in [0.25, 0.3) is 5.91 Å². The predicted molar refractivity (Wildman–Crippen MR) is 111 cm³/mol. The van der Waals surface area contributed by atoms with E-state index in [0.29, 0.717) is 42.8 Å². The molecule has 0 unspecified atom stereocenters. The average Bonchev–Trinajstić information content (AvgIpc) is 2.76. The summed E-state index contributed by atoms with van der Waals surface area (Å²) < 4.78 is 11.6. The number of likely N-dealkylation sites (N-methyl/N-ethyl adjacent to an activating group) is 1. The normalized spacial score (nSPS) is 25.1. The Hall–Kier alpha value is -2.80. The second kappa shape index (κ2) is 8.92. The molecule has 158 valence electrons. The maximum absolute atomic E-state index is 12.8. The molecular weight excluding hydrogens is 384 g/mol. The number of fused-ring (bicyclic) bond motifs is 1. The van der Waals surface area contributed by atoms with Crippen molar-refractivity contribution in [1.82, 2.24) is 20.2 Å². The lowest BCUT2D eigenvalue weighted by Crippen LogP contribution is -2.54. The molecule has 0 bridgehead atoms. The highest BCUT2D eigenvalue weighted by atomic mass is 16.5. The van der Waals surface area contributed by atoms with Crippen LogP contribution in [0, 0.1) is 11.3 Å². The van der Waals surface area contributed by atoms with E-state index in [2.05, 4.69) is 31.2 Å². The summed E-state index contributed by atoms with van der Waals surface area (Å²) >= 11 is 0. The lowest BCUT2D eigenvalue weighted by molar-refractivity contribution is -0.138. The van der Waals surface area contributed by atoms with E-state index in [0.717, 1.165) is 18.8 Å². The van der Waals surface area contributed by atoms with Gasteiger partial charge in [-0.2, -0.15) is 5.26 Å². The molecule has 2 fully saturated rings. The lowest BCUT2D eigenvalue weighted by Gasteiger charge is -2.38. The molecule has 1 aromatic carbocycles. The molecule has 1 N–H and O–H groups in total. The second-order valence-corrected chi connectivity index (χ2v) is 7.84. The Balaban J connectivity index is 1.48. The zero-order valence-corrected chi connectivity index (χ0v) is 17.2. The Morgan fingerprint density at radius 1 is 1.27 bits per heavy atom. The van der Waals surface area contributed by atoms with Crippen molar-refractivity contribution in [3.63, 3.8) is 0 Å². The highest BCUT2D eigenvalue weighted by Gasteiger charge is 2.32. The third kappa shape index (κ3) is 4.36. The van der Waals surface area contributed by atoms with Crippen molar-refractivity contribution >= 4 is 22.6 Å². The minimum absolute atomic E-state index is 0.0115. The molecule has 3 atom stereocenters. The van der Waals surface area contributed by atoms with Crippen LogP contribution in [0.1, 0.15) is 12.5 Å². The van der Waals surface area contributed by atoms with Crippen LogP contribution in [-0.2, 0) is 14.3 Å². The van der Waals surface area contributed by atoms with Gasteiger partial charge in [0.1, 0.15) is 17.1 Å². The van der Waals surface area contributed by atoms with Gasteiger partial charge >= 0.3 is 0 Å². The molecule has 1 aromatic heterocycles. The van der Waals surface area contributed by atoms with Gasteiger partial charge in [0.15, 0.2) is 6.10 Å². The van der Waals surface area contributed by atoms with E-state index in [1.807, 2.05) is 20.0 Å². The van der Waals surface area contributed by atoms with Crippen molar-refractivity contribution in [3.8, 4) is 6.07 Å². The van der Waals surface area contributed by atoms with Gasteiger partial charge < -0.3 is 24.6 Å². The minimum Gasteiger partial charge on any atom is -0.374 e. The first-order valence-corrected chi connectivity index (χ1v) is 10.2. The molecule has 1 amide bonds. The first kappa shape index (κ1) is 20.5. The summed E-state index contributed by atoms with van der Waals surface area (Å²) in [6.07, 6.45) is 2.45. The number of nitrogens with one attached hydrogen (secondary N) is 1. The maximum Gasteiger partial charge on any atom is 0.251 e. The number of amides is 1. The van der Waals surface area contributed by atoms with E-state index in [-0.39, 0.29) is 18.1 Å². The third-order valence-corrected chi connectivity index (χ3v) is 5.46. The van der Waals surface area contributed by atoms with Gasteiger partial charge in [-0.25, -0.2) is 0 Å². The summed E-state index contributed by atoms with van der Waals surface area (Å²) in [6, 6.07) is 5.78. The van der Waals surface area contributed by atoms with Crippen LogP contribution in [0.15, 0.2) is 24.5 Å². The van der Waals surface area contributed by atoms with E-state index in [1.54, 1.807) is 18.5 Å². The minimum atomic E-state index is -0.600. The van der Waals surface area contributed by atoms with Crippen molar-refractivity contribution in [3.05, 3.63) is 30.1 Å². The number of aromatic nitrogens is 2. The van der Waals surface area contributed by atoms with E-state index in [9.17, 15) is 10.1 Å². The molecule has 3 heterocycles. The van der Waals surface area contributed by atoms with Gasteiger partial charge in [-0.15, -0.1) is 0 Å². The van der Waals surface area contributed by atoms with Crippen LogP contribution in [-0.4, -0.2) is 85.5 Å². The van der Waals surface area contributed by atoms with Crippen LogP contribution in [0.4, 0.5) is 5.69 Å². The summed E-state index contributed by atoms with van der Waals surface area (Å²) in [4.78, 5) is 25.9. The maximum atomic E-state index is 12.8. The zero-order chi connectivity index (χ0) is 21.1. The number of carbonyl (C=O) groups excluding carboxylic acids is 1. The SMILES string of the molecule is C[C@@H]1CN(c2ccc(C#N)c3nccnc23)C[C@H](C(=O)NC[C@@H]2CN(C)CCO2)O1. The standard InChI is InChI=1S/C21H26N6O3/c1-14-11-27(17-4-3-15(9-22)19-20(17)24-6-5-23-19)13-18(30-14)21(28)25-10-16-12-26(2)7-8-29-16/h3-6,14,16,18H,7-8,10-13H2,1-2H3,(H,25,28)/t14-,16-,18-/m1/s1. The fraction of sp³-hybridized carbons (Fsp3) is 0.524. The summed E-state index contributed by atoms with van der Waals surface area (Å²) in [5, 5.41) is 12.3. The van der Waals surface area contributed by atoms with Crippen molar-refractivity contribution in [2.75, 3.05) is 51.3 Å². The Labute approximate surface area is 175 Å². The largest absolute Gasteiger partial charge is 0.374 e. The van der Waals surface area contributed by atoms with Crippen molar-refractivity contribution in [2.45, 2.75) is 25.2 Å². The third-order valence-electron chi connectivity index (χ3n) is 5.46. The summed E-state index contributed by atoms with van der Waals surface area (Å²) in [6.45, 7) is 5.81. The van der Waals surface area contributed by atoms with Crippen molar-refractivity contribution in [2.24, 2.45) is 0 Å². The van der Waals surface area contributed by atoms with Crippen LogP contribution >= 0.6 is 0 Å². The lowest BCUT2D eigenvalue weighted by atomic mass is 10.1. The number of nitriles is 1. The van der Waals surface area contributed by atoms with Crippen LogP contribution < -0.4 is 10.2 Å². The van der Waals surface area contributed by atoms with Crippen LogP contribution in [0.3, 0.4) is 0 Å². The Morgan fingerprint density at radius 3 is 2.83 bits per heavy atom. The number of anilines is 1. The fourth-order valence-corrected chi connectivity index (χ4v) is 4.00. The first-order valence-electron chi connectivity index (χ1n) is 10.2. The van der Waals surface area contributed by atoms with E-state index >= 15 is 0 Å². The summed E-state index contributed by atoms with van der Waals surface area (Å²) in [5.74, 6) is -0.146. The Kier molecular flexibility index (Phi) is 6.08. The first-order chi connectivity index (χ1) is 14.5. The van der Waals surface area contributed by atoms with Crippen LogP contribution in [0.5, 0.6) is 0 Å². The van der Waals surface area contributed by atoms with Crippen LogP contribution in [0.25, 0.3) is 11.0 Å². The second-order valence-electron chi connectivity index (χ2n) is 7.84. The van der Waals surface area contributed by atoms with Gasteiger partial charge in [0.05, 0.1) is 36.6 Å². The number of rotatable bonds is 4. The van der Waals surface area contributed by atoms with Crippen molar-refractivity contribution < 1.29 is 14.3 Å². The van der Waals surface area contributed by atoms with Crippen molar-refractivity contribution in [1.29, 1.82) is 5.26 Å². The topological polar surface area (TPSA) is 104 Å². The van der Waals surface area contributed by atoms with Gasteiger partial charge in [-0.3, -0.25) is 14.8 Å². The Bertz CT molecular complexity index is 961. The number of hydrogen-bond acceptors (Lipinski definition) is 8. The Morgan fingerprint density at radius 2 is 2.07 bits per heavy atom. The summed E-state index contributed by atoms with van der Waals surface area (Å²) in [7, 11) is 2.05. The highest BCUT2D eigenvalue weighted by Crippen LogP contribution is 2.28. The molecule has 2 aliphatic rings. The monoisotopic (exact) mass is 410 g/mol. The predicted octanol–water partition coefficient (Wildman–Crippen LogP) is 0.542. The number of ether oxygens (including phenoxy) is 2. The molecule has 0 saturated carbocycles. The smallest absolute Gasteiger partial charge is 0.251 e. The summed E-state index contributed by atoms with van der Waals surface area (Å²) in [5.41, 5.74) is 2.55. The molecule has 2 aromatic rings. The number of morpholine rings is 2. The molecule has 2 aliphatic heterocycles. The number of benzene rings is 1. The number of carbonyl (C=O) groups is 1.